The van der Waals surface area contributed by atoms with E-state index in [2.05, 4.69) is 51.8 Å². The Morgan fingerprint density at radius 1 is 1.20 bits per heavy atom. The Labute approximate surface area is 128 Å². The van der Waals surface area contributed by atoms with Crippen LogP contribution < -0.4 is 5.32 Å². The first-order valence-electron chi connectivity index (χ1n) is 8.23. The highest BCUT2D eigenvalue weighted by Crippen LogP contribution is 2.70. The van der Waals surface area contributed by atoms with E-state index in [9.17, 15) is 0 Å². The van der Waals surface area contributed by atoms with Crippen molar-refractivity contribution in [1.82, 2.24) is 5.32 Å². The Morgan fingerprint density at radius 3 is 2.40 bits per heavy atom. The first-order valence-corrected chi connectivity index (χ1v) is 9.38. The maximum atomic E-state index is 6.21. The molecule has 2 saturated heterocycles. The third kappa shape index (κ3) is 2.16. The minimum absolute atomic E-state index is 0.214. The fraction of sp³-hybridized carbons (Fsp3) is 1.00. The molecule has 2 aliphatic heterocycles. The summed E-state index contributed by atoms with van der Waals surface area (Å²) in [5.74, 6) is 4.10. The van der Waals surface area contributed by atoms with Crippen molar-refractivity contribution in [1.29, 1.82) is 0 Å². The van der Waals surface area contributed by atoms with Gasteiger partial charge in [0, 0.05) is 18.4 Å². The molecule has 2 heterocycles. The minimum Gasteiger partial charge on any atom is -0.374 e. The van der Waals surface area contributed by atoms with Gasteiger partial charge in [-0.05, 0) is 54.7 Å². The minimum atomic E-state index is 0.214. The standard InChI is InChI=1S/C17H31NOS/c1-15(2)14(16(15,3)4)13(18-5)12-6-8-19-17(10-12)7-9-20-11-17/h12-14,18H,6-11H2,1-5H3. The van der Waals surface area contributed by atoms with Gasteiger partial charge in [0.05, 0.1) is 5.60 Å². The second-order valence-electron chi connectivity index (χ2n) is 8.32. The molecular formula is C17H31NOS. The molecule has 0 aromatic rings. The van der Waals surface area contributed by atoms with Gasteiger partial charge in [-0.3, -0.25) is 0 Å². The maximum absolute atomic E-state index is 6.21. The average molecular weight is 298 g/mol. The van der Waals surface area contributed by atoms with Crippen molar-refractivity contribution in [2.45, 2.75) is 58.6 Å². The summed E-state index contributed by atoms with van der Waals surface area (Å²) in [5, 5.41) is 3.69. The van der Waals surface area contributed by atoms with E-state index >= 15 is 0 Å². The van der Waals surface area contributed by atoms with Crippen LogP contribution in [0.2, 0.25) is 0 Å². The lowest BCUT2D eigenvalue weighted by Gasteiger charge is -2.41. The van der Waals surface area contributed by atoms with E-state index in [0.29, 0.717) is 16.9 Å². The normalized spacial score (nSPS) is 41.0. The highest BCUT2D eigenvalue weighted by atomic mass is 32.2. The van der Waals surface area contributed by atoms with Crippen LogP contribution in [0.5, 0.6) is 0 Å². The highest BCUT2D eigenvalue weighted by molar-refractivity contribution is 7.99. The summed E-state index contributed by atoms with van der Waals surface area (Å²) in [6.45, 7) is 10.8. The van der Waals surface area contributed by atoms with Crippen molar-refractivity contribution < 1.29 is 4.74 Å². The molecular weight excluding hydrogens is 266 g/mol. The number of ether oxygens (including phenoxy) is 1. The Morgan fingerprint density at radius 2 is 1.90 bits per heavy atom. The Bertz CT molecular complexity index is 359. The van der Waals surface area contributed by atoms with E-state index in [1.807, 2.05) is 0 Å². The van der Waals surface area contributed by atoms with Crippen LogP contribution in [0.4, 0.5) is 0 Å². The maximum Gasteiger partial charge on any atom is 0.0783 e. The summed E-state index contributed by atoms with van der Waals surface area (Å²) in [7, 11) is 2.17. The van der Waals surface area contributed by atoms with Gasteiger partial charge in [0.15, 0.2) is 0 Å². The third-order valence-corrected chi connectivity index (χ3v) is 8.15. The quantitative estimate of drug-likeness (QED) is 0.860. The van der Waals surface area contributed by atoms with Crippen LogP contribution in [0.15, 0.2) is 0 Å². The second kappa shape index (κ2) is 4.89. The smallest absolute Gasteiger partial charge is 0.0783 e. The highest BCUT2D eigenvalue weighted by Gasteiger charge is 2.68. The molecule has 0 amide bonds. The predicted molar refractivity (Wildman–Crippen MR) is 87.2 cm³/mol. The van der Waals surface area contributed by atoms with Gasteiger partial charge in [-0.25, -0.2) is 0 Å². The van der Waals surface area contributed by atoms with Gasteiger partial charge in [-0.15, -0.1) is 0 Å². The molecule has 0 radical (unpaired) electrons. The molecule has 2 nitrogen and oxygen atoms in total. The summed E-state index contributed by atoms with van der Waals surface area (Å²) in [6, 6.07) is 0.659. The molecule has 3 fully saturated rings. The zero-order valence-corrected chi connectivity index (χ0v) is 14.6. The van der Waals surface area contributed by atoms with Gasteiger partial charge in [0.25, 0.3) is 0 Å². The van der Waals surface area contributed by atoms with Gasteiger partial charge in [0.2, 0.25) is 0 Å². The van der Waals surface area contributed by atoms with Gasteiger partial charge in [-0.1, -0.05) is 27.7 Å². The molecule has 1 aliphatic carbocycles. The van der Waals surface area contributed by atoms with Gasteiger partial charge in [-0.2, -0.15) is 11.8 Å². The molecule has 3 unspecified atom stereocenters. The van der Waals surface area contributed by atoms with Crippen molar-refractivity contribution in [2.75, 3.05) is 25.2 Å². The van der Waals surface area contributed by atoms with Crippen molar-refractivity contribution >= 4 is 11.8 Å². The largest absolute Gasteiger partial charge is 0.374 e. The summed E-state index contributed by atoms with van der Waals surface area (Å²) >= 11 is 2.08. The Hall–Kier alpha value is 0.270. The van der Waals surface area contributed by atoms with Crippen molar-refractivity contribution in [3.8, 4) is 0 Å². The molecule has 1 spiro atoms. The Balaban J connectivity index is 1.74. The average Bonchev–Trinajstić information content (AvgIpc) is 2.71. The van der Waals surface area contributed by atoms with Crippen molar-refractivity contribution in [3.63, 3.8) is 0 Å². The van der Waals surface area contributed by atoms with Gasteiger partial charge >= 0.3 is 0 Å². The lowest BCUT2D eigenvalue weighted by atomic mass is 9.78. The Kier molecular flexibility index (Phi) is 3.71. The van der Waals surface area contributed by atoms with E-state index in [0.717, 1.165) is 18.4 Å². The van der Waals surface area contributed by atoms with Crippen LogP contribution in [-0.4, -0.2) is 36.8 Å². The van der Waals surface area contributed by atoms with Crippen LogP contribution in [0, 0.1) is 22.7 Å². The number of nitrogens with one attached hydrogen (secondary N) is 1. The molecule has 0 aromatic heterocycles. The van der Waals surface area contributed by atoms with E-state index < -0.39 is 0 Å². The summed E-state index contributed by atoms with van der Waals surface area (Å²) < 4.78 is 6.21. The third-order valence-electron chi connectivity index (χ3n) is 6.93. The lowest BCUT2D eigenvalue weighted by molar-refractivity contribution is -0.0869. The topological polar surface area (TPSA) is 21.3 Å². The van der Waals surface area contributed by atoms with Gasteiger partial charge in [0.1, 0.15) is 0 Å². The number of rotatable bonds is 3. The van der Waals surface area contributed by atoms with E-state index in [4.69, 9.17) is 4.74 Å². The molecule has 3 aliphatic rings. The van der Waals surface area contributed by atoms with Crippen LogP contribution in [-0.2, 0) is 4.74 Å². The van der Waals surface area contributed by atoms with Crippen molar-refractivity contribution in [3.05, 3.63) is 0 Å². The predicted octanol–water partition coefficient (Wildman–Crippen LogP) is 3.56. The zero-order valence-electron chi connectivity index (χ0n) is 13.8. The lowest BCUT2D eigenvalue weighted by Crippen LogP contribution is -2.47. The van der Waals surface area contributed by atoms with Crippen LogP contribution >= 0.6 is 11.8 Å². The molecule has 3 atom stereocenters. The van der Waals surface area contributed by atoms with Crippen LogP contribution in [0.25, 0.3) is 0 Å². The number of hydrogen-bond acceptors (Lipinski definition) is 3. The SMILES string of the molecule is CNC(C1CCOC2(CCSC2)C1)C1C(C)(C)C1(C)C. The second-order valence-corrected chi connectivity index (χ2v) is 9.43. The van der Waals surface area contributed by atoms with Crippen LogP contribution in [0.1, 0.15) is 47.0 Å². The zero-order chi connectivity index (χ0) is 14.6. The number of hydrogen-bond donors (Lipinski definition) is 1. The molecule has 0 aromatic carbocycles. The first kappa shape index (κ1) is 15.2. The summed E-state index contributed by atoms with van der Waals surface area (Å²) in [5.41, 5.74) is 1.15. The fourth-order valence-corrected chi connectivity index (χ4v) is 6.43. The summed E-state index contributed by atoms with van der Waals surface area (Å²) in [6.07, 6.45) is 3.77. The van der Waals surface area contributed by atoms with E-state index in [-0.39, 0.29) is 5.60 Å². The molecule has 3 rings (SSSR count). The molecule has 0 bridgehead atoms. The first-order chi connectivity index (χ1) is 9.34. The molecule has 20 heavy (non-hydrogen) atoms. The monoisotopic (exact) mass is 297 g/mol. The fourth-order valence-electron chi connectivity index (χ4n) is 5.06. The molecule has 116 valence electrons. The van der Waals surface area contributed by atoms with Crippen molar-refractivity contribution in [2.24, 2.45) is 22.7 Å². The number of thioether (sulfide) groups is 1. The molecule has 1 saturated carbocycles. The molecule has 3 heteroatoms. The van der Waals surface area contributed by atoms with E-state index in [1.165, 1.54) is 30.8 Å². The van der Waals surface area contributed by atoms with Crippen LogP contribution in [0.3, 0.4) is 0 Å². The summed E-state index contributed by atoms with van der Waals surface area (Å²) in [4.78, 5) is 0. The van der Waals surface area contributed by atoms with E-state index in [1.54, 1.807) is 0 Å². The molecule has 1 N–H and O–H groups in total. The van der Waals surface area contributed by atoms with Gasteiger partial charge < -0.3 is 10.1 Å².